The topological polar surface area (TPSA) is 80.0 Å². The van der Waals surface area contributed by atoms with Gasteiger partial charge in [-0.15, -0.1) is 12.4 Å². The van der Waals surface area contributed by atoms with Crippen LogP contribution in [0, 0.1) is 17.7 Å². The molecule has 1 aromatic carbocycles. The molecule has 1 aromatic rings. The lowest BCUT2D eigenvalue weighted by Crippen LogP contribution is -2.46. The molecule has 1 heterocycles. The van der Waals surface area contributed by atoms with E-state index >= 15 is 0 Å². The first-order valence-corrected chi connectivity index (χ1v) is 7.86. The van der Waals surface area contributed by atoms with Crippen molar-refractivity contribution in [1.29, 1.82) is 0 Å². The molecular formula is C16H22ClF4N5. The molecule has 0 bridgehead atoms. The van der Waals surface area contributed by atoms with Crippen molar-refractivity contribution in [3.05, 3.63) is 29.6 Å². The van der Waals surface area contributed by atoms with Gasteiger partial charge in [-0.25, -0.2) is 9.38 Å². The van der Waals surface area contributed by atoms with E-state index in [0.717, 1.165) is 25.6 Å². The Morgan fingerprint density at radius 1 is 1.15 bits per heavy atom. The van der Waals surface area contributed by atoms with E-state index < -0.39 is 17.6 Å². The predicted octanol–water partition coefficient (Wildman–Crippen LogP) is 3.51. The Kier molecular flexibility index (Phi) is 7.25. The van der Waals surface area contributed by atoms with Gasteiger partial charge in [0.25, 0.3) is 0 Å². The minimum absolute atomic E-state index is 0. The molecule has 26 heavy (non-hydrogen) atoms. The van der Waals surface area contributed by atoms with Crippen molar-refractivity contribution in [3.8, 4) is 0 Å². The summed E-state index contributed by atoms with van der Waals surface area (Å²) in [6.07, 6.45) is -3.73. The van der Waals surface area contributed by atoms with E-state index in [4.69, 9.17) is 11.5 Å². The van der Waals surface area contributed by atoms with Gasteiger partial charge in [-0.05, 0) is 36.5 Å². The van der Waals surface area contributed by atoms with Gasteiger partial charge in [-0.1, -0.05) is 13.8 Å². The van der Waals surface area contributed by atoms with Gasteiger partial charge in [0.2, 0.25) is 5.96 Å². The van der Waals surface area contributed by atoms with Crippen LogP contribution in [-0.4, -0.2) is 29.9 Å². The number of piperidine rings is 1. The van der Waals surface area contributed by atoms with Gasteiger partial charge in [0.05, 0.1) is 11.3 Å². The van der Waals surface area contributed by atoms with E-state index in [1.54, 1.807) is 0 Å². The van der Waals surface area contributed by atoms with Crippen molar-refractivity contribution >= 4 is 30.0 Å². The maximum absolute atomic E-state index is 13.3. The number of benzene rings is 1. The van der Waals surface area contributed by atoms with E-state index in [1.165, 1.54) is 0 Å². The number of nitrogens with zero attached hydrogens (tertiary/aromatic N) is 3. The maximum atomic E-state index is 13.3. The van der Waals surface area contributed by atoms with Gasteiger partial charge in [0, 0.05) is 13.1 Å². The minimum atomic E-state index is -4.81. The van der Waals surface area contributed by atoms with Crippen LogP contribution in [0.15, 0.2) is 28.2 Å². The summed E-state index contributed by atoms with van der Waals surface area (Å²) in [4.78, 5) is 9.60. The molecule has 0 spiro atoms. The molecule has 0 aliphatic carbocycles. The molecule has 0 saturated carbocycles. The lowest BCUT2D eigenvalue weighted by atomic mass is 9.92. The number of alkyl halides is 3. The Morgan fingerprint density at radius 3 is 2.27 bits per heavy atom. The molecule has 4 N–H and O–H groups in total. The highest BCUT2D eigenvalue weighted by Gasteiger charge is 2.34. The quantitative estimate of drug-likeness (QED) is 0.434. The first-order valence-electron chi connectivity index (χ1n) is 7.86. The minimum Gasteiger partial charge on any atom is -0.369 e. The fourth-order valence-electron chi connectivity index (χ4n) is 3.00. The van der Waals surface area contributed by atoms with Crippen LogP contribution in [0.2, 0.25) is 0 Å². The number of rotatable bonds is 1. The lowest BCUT2D eigenvalue weighted by Gasteiger charge is -2.35. The highest BCUT2D eigenvalue weighted by Crippen LogP contribution is 2.33. The average Bonchev–Trinajstić information content (AvgIpc) is 2.47. The number of aliphatic imine (C=N–C) groups is 2. The van der Waals surface area contributed by atoms with Crippen molar-refractivity contribution in [1.82, 2.24) is 4.90 Å². The van der Waals surface area contributed by atoms with Crippen molar-refractivity contribution in [2.24, 2.45) is 33.3 Å². The summed E-state index contributed by atoms with van der Waals surface area (Å²) < 4.78 is 51.4. The molecule has 1 aliphatic heterocycles. The van der Waals surface area contributed by atoms with E-state index in [1.807, 2.05) is 4.90 Å². The number of hydrogen-bond donors (Lipinski definition) is 2. The molecule has 5 nitrogen and oxygen atoms in total. The van der Waals surface area contributed by atoms with Crippen LogP contribution in [0.1, 0.15) is 25.8 Å². The summed E-state index contributed by atoms with van der Waals surface area (Å²) in [5.74, 6) is -0.602. The van der Waals surface area contributed by atoms with E-state index in [-0.39, 0.29) is 30.0 Å². The van der Waals surface area contributed by atoms with Crippen molar-refractivity contribution in [2.45, 2.75) is 26.4 Å². The molecule has 2 atom stereocenters. The summed E-state index contributed by atoms with van der Waals surface area (Å²) in [6.45, 7) is 5.65. The fourth-order valence-corrected chi connectivity index (χ4v) is 3.00. The molecule has 1 saturated heterocycles. The molecule has 10 heteroatoms. The van der Waals surface area contributed by atoms with E-state index in [0.29, 0.717) is 24.0 Å². The van der Waals surface area contributed by atoms with Gasteiger partial charge in [0.15, 0.2) is 5.96 Å². The Hall–Kier alpha value is -2.03. The van der Waals surface area contributed by atoms with Gasteiger partial charge in [-0.3, -0.25) is 0 Å². The third-order valence-corrected chi connectivity index (χ3v) is 3.92. The molecule has 0 amide bonds. The Labute approximate surface area is 155 Å². The molecule has 1 aliphatic rings. The van der Waals surface area contributed by atoms with Crippen LogP contribution in [0.3, 0.4) is 0 Å². The molecule has 0 radical (unpaired) electrons. The SMILES string of the molecule is CC1CC(C)CN(C(N)=NC(N)=Nc2ccc(F)c(C(F)(F)F)c2)C1.Cl. The van der Waals surface area contributed by atoms with Crippen LogP contribution < -0.4 is 11.5 Å². The number of likely N-dealkylation sites (tertiary alicyclic amines) is 1. The van der Waals surface area contributed by atoms with Crippen molar-refractivity contribution in [3.63, 3.8) is 0 Å². The van der Waals surface area contributed by atoms with Gasteiger partial charge in [-0.2, -0.15) is 18.2 Å². The van der Waals surface area contributed by atoms with Crippen LogP contribution in [0.5, 0.6) is 0 Å². The van der Waals surface area contributed by atoms with Gasteiger partial charge in [0.1, 0.15) is 5.82 Å². The molecule has 2 unspecified atom stereocenters. The number of guanidine groups is 2. The second kappa shape index (κ2) is 8.57. The molecule has 0 aromatic heterocycles. The molecule has 146 valence electrons. The maximum Gasteiger partial charge on any atom is 0.419 e. The number of halogens is 5. The van der Waals surface area contributed by atoms with Crippen LogP contribution >= 0.6 is 12.4 Å². The first kappa shape index (κ1) is 22.0. The highest BCUT2D eigenvalue weighted by atomic mass is 35.5. The monoisotopic (exact) mass is 395 g/mol. The van der Waals surface area contributed by atoms with Crippen LogP contribution in [0.4, 0.5) is 23.2 Å². The van der Waals surface area contributed by atoms with Crippen LogP contribution in [-0.2, 0) is 6.18 Å². The number of hydrogen-bond acceptors (Lipinski definition) is 1. The zero-order valence-electron chi connectivity index (χ0n) is 14.4. The average molecular weight is 396 g/mol. The van der Waals surface area contributed by atoms with Gasteiger partial charge >= 0.3 is 6.18 Å². The zero-order chi connectivity index (χ0) is 18.8. The Bertz CT molecular complexity index is 680. The lowest BCUT2D eigenvalue weighted by molar-refractivity contribution is -0.139. The second-order valence-corrected chi connectivity index (χ2v) is 6.45. The Morgan fingerprint density at radius 2 is 1.73 bits per heavy atom. The van der Waals surface area contributed by atoms with Gasteiger partial charge < -0.3 is 16.4 Å². The Balaban J connectivity index is 0.00000338. The summed E-state index contributed by atoms with van der Waals surface area (Å²) in [6, 6.07) is 2.36. The molecule has 2 rings (SSSR count). The molecular weight excluding hydrogens is 374 g/mol. The predicted molar refractivity (Wildman–Crippen MR) is 96.1 cm³/mol. The standard InChI is InChI=1S/C16H21F4N5.ClH/c1-9-5-10(2)8-25(7-9)15(22)24-14(21)23-11-3-4-13(17)12(6-11)16(18,19)20;/h3-4,6,9-10H,5,7-8H2,1-2H3,(H4,21,22,23,24);1H. The third kappa shape index (κ3) is 5.76. The number of nitrogens with two attached hydrogens (primary N) is 2. The smallest absolute Gasteiger partial charge is 0.369 e. The van der Waals surface area contributed by atoms with E-state index in [2.05, 4.69) is 23.8 Å². The normalized spacial score (nSPS) is 22.2. The largest absolute Gasteiger partial charge is 0.419 e. The summed E-state index contributed by atoms with van der Waals surface area (Å²) in [5.41, 5.74) is 10.0. The van der Waals surface area contributed by atoms with Crippen molar-refractivity contribution < 1.29 is 17.6 Å². The summed E-state index contributed by atoms with van der Waals surface area (Å²) in [5, 5.41) is 0. The second-order valence-electron chi connectivity index (χ2n) is 6.45. The highest BCUT2D eigenvalue weighted by molar-refractivity contribution is 5.94. The third-order valence-electron chi connectivity index (χ3n) is 3.92. The summed E-state index contributed by atoms with van der Waals surface area (Å²) >= 11 is 0. The zero-order valence-corrected chi connectivity index (χ0v) is 15.2. The van der Waals surface area contributed by atoms with E-state index in [9.17, 15) is 17.6 Å². The van der Waals surface area contributed by atoms with Crippen molar-refractivity contribution in [2.75, 3.05) is 13.1 Å². The summed E-state index contributed by atoms with van der Waals surface area (Å²) in [7, 11) is 0. The molecule has 1 fully saturated rings. The first-order chi connectivity index (χ1) is 11.6. The van der Waals surface area contributed by atoms with Crippen LogP contribution in [0.25, 0.3) is 0 Å². The fraction of sp³-hybridized carbons (Fsp3) is 0.500.